The fourth-order valence-electron chi connectivity index (χ4n) is 5.39. The summed E-state index contributed by atoms with van der Waals surface area (Å²) in [6.45, 7) is 1.88. The third-order valence-corrected chi connectivity index (χ3v) is 8.64. The van der Waals surface area contributed by atoms with Gasteiger partial charge in [-0.05, 0) is 67.6 Å². The number of amides is 1. The van der Waals surface area contributed by atoms with E-state index in [0.717, 1.165) is 54.0 Å². The molecule has 1 saturated heterocycles. The van der Waals surface area contributed by atoms with Crippen LogP contribution in [-0.2, 0) is 14.9 Å². The molecule has 3 aliphatic rings. The molecular formula is C27H28ClN3O4S. The number of hydrogen-bond acceptors (Lipinski definition) is 7. The molecule has 2 atom stereocenters. The summed E-state index contributed by atoms with van der Waals surface area (Å²) in [5.41, 5.74) is 1.57. The molecule has 0 bridgehead atoms. The van der Waals surface area contributed by atoms with E-state index in [2.05, 4.69) is 27.3 Å². The monoisotopic (exact) mass is 525 g/mol. The molecule has 3 aromatic rings. The molecule has 0 spiro atoms. The van der Waals surface area contributed by atoms with E-state index >= 15 is 0 Å². The lowest BCUT2D eigenvalue weighted by Crippen LogP contribution is -2.36. The maximum absolute atomic E-state index is 13.4. The summed E-state index contributed by atoms with van der Waals surface area (Å²) in [5, 5.41) is 4.43. The van der Waals surface area contributed by atoms with Crippen LogP contribution in [0.2, 0.25) is 5.02 Å². The predicted molar refractivity (Wildman–Crippen MR) is 139 cm³/mol. The van der Waals surface area contributed by atoms with Crippen LogP contribution in [0.4, 0.5) is 5.13 Å². The molecule has 6 rings (SSSR count). The number of likely N-dealkylation sites (tertiary alicyclic amines) is 1. The number of benzene rings is 2. The maximum atomic E-state index is 13.4. The van der Waals surface area contributed by atoms with Gasteiger partial charge in [0, 0.05) is 29.2 Å². The molecule has 9 heteroatoms. The molecule has 2 aliphatic heterocycles. The molecular weight excluding hydrogens is 498 g/mol. The predicted octanol–water partition coefficient (Wildman–Crippen LogP) is 5.40. The first-order valence-corrected chi connectivity index (χ1v) is 13.4. The minimum absolute atomic E-state index is 0.0243. The lowest BCUT2D eigenvalue weighted by atomic mass is 9.94. The Kier molecular flexibility index (Phi) is 6.37. The van der Waals surface area contributed by atoms with Crippen molar-refractivity contribution in [2.75, 3.05) is 32.4 Å². The number of aromatic nitrogens is 1. The van der Waals surface area contributed by atoms with Gasteiger partial charge in [-0.25, -0.2) is 4.98 Å². The zero-order valence-electron chi connectivity index (χ0n) is 20.0. The molecule has 188 valence electrons. The van der Waals surface area contributed by atoms with Crippen LogP contribution in [0.15, 0.2) is 48.7 Å². The van der Waals surface area contributed by atoms with Gasteiger partial charge in [0.25, 0.3) is 0 Å². The van der Waals surface area contributed by atoms with Crippen LogP contribution in [0.5, 0.6) is 11.5 Å². The van der Waals surface area contributed by atoms with E-state index < -0.39 is 5.41 Å². The third kappa shape index (κ3) is 4.36. The smallest absolute Gasteiger partial charge is 0.236 e. The standard InChI is InChI=1S/C27H28ClN3O4S/c1-33-15-20-3-2-12-31(20)24(17-4-7-19(28)8-5-17)23-14-29-26(36-23)30-25(32)27(10-11-27)18-6-9-21-22(13-18)35-16-34-21/h4-9,13-14,20,24H,2-3,10-12,15-16H2,1H3,(H,29,30,32). The van der Waals surface area contributed by atoms with Crippen molar-refractivity contribution in [1.82, 2.24) is 9.88 Å². The molecule has 2 fully saturated rings. The second kappa shape index (κ2) is 9.67. The molecule has 36 heavy (non-hydrogen) atoms. The van der Waals surface area contributed by atoms with Crippen molar-refractivity contribution in [3.8, 4) is 11.5 Å². The summed E-state index contributed by atoms with van der Waals surface area (Å²) in [6, 6.07) is 14.1. The zero-order chi connectivity index (χ0) is 24.7. The summed E-state index contributed by atoms with van der Waals surface area (Å²) >= 11 is 7.72. The van der Waals surface area contributed by atoms with E-state index in [9.17, 15) is 4.79 Å². The van der Waals surface area contributed by atoms with Crippen molar-refractivity contribution in [2.24, 2.45) is 0 Å². The first-order valence-electron chi connectivity index (χ1n) is 12.2. The number of nitrogens with one attached hydrogen (secondary N) is 1. The fraction of sp³-hybridized carbons (Fsp3) is 0.407. The van der Waals surface area contributed by atoms with Crippen molar-refractivity contribution in [3.05, 3.63) is 69.7 Å². The molecule has 1 aromatic heterocycles. The number of rotatable bonds is 8. The molecule has 3 heterocycles. The van der Waals surface area contributed by atoms with Gasteiger partial charge in [-0.15, -0.1) is 0 Å². The lowest BCUT2D eigenvalue weighted by molar-refractivity contribution is -0.118. The number of carbonyl (C=O) groups excluding carboxylic acids is 1. The van der Waals surface area contributed by atoms with Crippen molar-refractivity contribution in [1.29, 1.82) is 0 Å². The Morgan fingerprint density at radius 2 is 2.06 bits per heavy atom. The average molecular weight is 526 g/mol. The van der Waals surface area contributed by atoms with Gasteiger partial charge in [0.1, 0.15) is 0 Å². The molecule has 1 amide bonds. The molecule has 0 radical (unpaired) electrons. The Bertz CT molecular complexity index is 1260. The van der Waals surface area contributed by atoms with Crippen LogP contribution >= 0.6 is 22.9 Å². The van der Waals surface area contributed by atoms with Crippen LogP contribution in [0.25, 0.3) is 0 Å². The van der Waals surface area contributed by atoms with E-state index in [1.807, 2.05) is 36.5 Å². The fourth-order valence-corrected chi connectivity index (χ4v) is 6.47. The van der Waals surface area contributed by atoms with Crippen molar-refractivity contribution < 1.29 is 19.0 Å². The lowest BCUT2D eigenvalue weighted by Gasteiger charge is -2.32. The summed E-state index contributed by atoms with van der Waals surface area (Å²) in [5.74, 6) is 1.40. The van der Waals surface area contributed by atoms with Gasteiger partial charge in [-0.2, -0.15) is 0 Å². The Morgan fingerprint density at radius 3 is 2.83 bits per heavy atom. The number of fused-ring (bicyclic) bond motifs is 1. The number of nitrogens with zero attached hydrogens (tertiary/aromatic N) is 2. The number of methoxy groups -OCH3 is 1. The van der Waals surface area contributed by atoms with Crippen molar-refractivity contribution in [3.63, 3.8) is 0 Å². The summed E-state index contributed by atoms with van der Waals surface area (Å²) in [6.07, 6.45) is 5.71. The number of carbonyl (C=O) groups is 1. The van der Waals surface area contributed by atoms with Crippen LogP contribution in [0, 0.1) is 0 Å². The summed E-state index contributed by atoms with van der Waals surface area (Å²) in [4.78, 5) is 21.6. The highest BCUT2D eigenvalue weighted by molar-refractivity contribution is 7.15. The van der Waals surface area contributed by atoms with Crippen LogP contribution in [-0.4, -0.2) is 48.9 Å². The molecule has 1 N–H and O–H groups in total. The number of hydrogen-bond donors (Lipinski definition) is 1. The molecule has 2 unspecified atom stereocenters. The van der Waals surface area contributed by atoms with Crippen LogP contribution < -0.4 is 14.8 Å². The number of halogens is 1. The average Bonchev–Trinajstić information content (AvgIpc) is 3.19. The van der Waals surface area contributed by atoms with Crippen molar-refractivity contribution in [2.45, 2.75) is 43.2 Å². The largest absolute Gasteiger partial charge is 0.454 e. The SMILES string of the molecule is COCC1CCCN1C(c1ccc(Cl)cc1)c1cnc(NC(=O)C2(c3ccc4c(c3)OCO4)CC2)s1. The van der Waals surface area contributed by atoms with E-state index in [4.69, 9.17) is 25.8 Å². The van der Waals surface area contributed by atoms with Gasteiger partial charge in [-0.3, -0.25) is 9.69 Å². The first-order chi connectivity index (χ1) is 17.6. The topological polar surface area (TPSA) is 72.9 Å². The summed E-state index contributed by atoms with van der Waals surface area (Å²) in [7, 11) is 1.75. The van der Waals surface area contributed by atoms with Gasteiger partial charge in [0.05, 0.1) is 18.1 Å². The van der Waals surface area contributed by atoms with E-state index in [1.54, 1.807) is 7.11 Å². The second-order valence-corrected chi connectivity index (χ2v) is 11.1. The van der Waals surface area contributed by atoms with Gasteiger partial charge in [-0.1, -0.05) is 41.1 Å². The van der Waals surface area contributed by atoms with Gasteiger partial charge < -0.3 is 19.5 Å². The minimum Gasteiger partial charge on any atom is -0.454 e. The molecule has 7 nitrogen and oxygen atoms in total. The van der Waals surface area contributed by atoms with E-state index in [0.29, 0.717) is 28.6 Å². The Labute approximate surface area is 219 Å². The highest BCUT2D eigenvalue weighted by Crippen LogP contribution is 2.51. The van der Waals surface area contributed by atoms with Crippen LogP contribution in [0.1, 0.15) is 47.7 Å². The second-order valence-electron chi connectivity index (χ2n) is 9.62. The number of ether oxygens (including phenoxy) is 3. The molecule has 1 aliphatic carbocycles. The normalized spacial score (nSPS) is 20.9. The summed E-state index contributed by atoms with van der Waals surface area (Å²) < 4.78 is 16.5. The van der Waals surface area contributed by atoms with Gasteiger partial charge in [0.15, 0.2) is 16.6 Å². The Hall–Kier alpha value is -2.65. The quantitative estimate of drug-likeness (QED) is 0.425. The number of thiazole rings is 1. The first kappa shape index (κ1) is 23.7. The highest BCUT2D eigenvalue weighted by Gasteiger charge is 2.52. The zero-order valence-corrected chi connectivity index (χ0v) is 21.6. The Balaban J connectivity index is 1.25. The third-order valence-electron chi connectivity index (χ3n) is 7.42. The van der Waals surface area contributed by atoms with E-state index in [-0.39, 0.29) is 18.7 Å². The molecule has 2 aromatic carbocycles. The number of anilines is 1. The Morgan fingerprint density at radius 1 is 1.25 bits per heavy atom. The highest BCUT2D eigenvalue weighted by atomic mass is 35.5. The maximum Gasteiger partial charge on any atom is 0.236 e. The van der Waals surface area contributed by atoms with Gasteiger partial charge in [0.2, 0.25) is 12.7 Å². The van der Waals surface area contributed by atoms with Crippen LogP contribution in [0.3, 0.4) is 0 Å². The van der Waals surface area contributed by atoms with Crippen molar-refractivity contribution >= 4 is 34.0 Å². The van der Waals surface area contributed by atoms with E-state index in [1.165, 1.54) is 11.3 Å². The minimum atomic E-state index is -0.541. The molecule has 1 saturated carbocycles. The van der Waals surface area contributed by atoms with Gasteiger partial charge >= 0.3 is 0 Å².